The molecular weight excluding hydrogens is 168 g/mol. The Morgan fingerprint density at radius 3 is 2.86 bits per heavy atom. The van der Waals surface area contributed by atoms with E-state index in [-0.39, 0.29) is 0 Å². The highest BCUT2D eigenvalue weighted by Gasteiger charge is 2.61. The molecule has 2 saturated carbocycles. The zero-order valence-electron chi connectivity index (χ0n) is 9.72. The summed E-state index contributed by atoms with van der Waals surface area (Å²) in [5.74, 6) is 3.87. The average molecular weight is 190 g/mol. The molecule has 0 aromatic carbocycles. The minimum absolute atomic E-state index is 0.720. The molecule has 0 aromatic rings. The minimum atomic E-state index is 0.720. The normalized spacial score (nSPS) is 50.0. The lowest BCUT2D eigenvalue weighted by molar-refractivity contribution is 0.0469. The van der Waals surface area contributed by atoms with Crippen molar-refractivity contribution in [1.82, 2.24) is 0 Å². The Labute approximate surface area is 87.8 Å². The number of allylic oxidation sites excluding steroid dienone is 2. The largest absolute Gasteiger partial charge is 0.0847 e. The highest BCUT2D eigenvalue weighted by Crippen LogP contribution is 2.70. The molecule has 14 heavy (non-hydrogen) atoms. The quantitative estimate of drug-likeness (QED) is 0.548. The van der Waals surface area contributed by atoms with E-state index in [0.29, 0.717) is 0 Å². The molecule has 0 saturated heterocycles. The first-order valence-electron chi connectivity index (χ1n) is 6.34. The first kappa shape index (κ1) is 9.00. The summed E-state index contributed by atoms with van der Waals surface area (Å²) in [5, 5.41) is 0. The van der Waals surface area contributed by atoms with E-state index in [2.05, 4.69) is 26.8 Å². The van der Waals surface area contributed by atoms with E-state index in [4.69, 9.17) is 0 Å². The molecule has 4 atom stereocenters. The van der Waals surface area contributed by atoms with Gasteiger partial charge in [-0.25, -0.2) is 0 Å². The Morgan fingerprint density at radius 2 is 2.14 bits per heavy atom. The van der Waals surface area contributed by atoms with E-state index in [1.807, 2.05) is 5.57 Å². The summed E-state index contributed by atoms with van der Waals surface area (Å²) in [6, 6.07) is 0. The number of hydrogen-bond acceptors (Lipinski definition) is 0. The van der Waals surface area contributed by atoms with Crippen LogP contribution in [0.4, 0.5) is 0 Å². The molecule has 0 N–H and O–H groups in total. The summed E-state index contributed by atoms with van der Waals surface area (Å²) in [5.41, 5.74) is 2.58. The van der Waals surface area contributed by atoms with E-state index < -0.39 is 0 Å². The molecule has 0 nitrogen and oxygen atoms in total. The molecule has 0 unspecified atom stereocenters. The second-order valence-electron chi connectivity index (χ2n) is 6.26. The lowest BCUT2D eigenvalue weighted by Gasteiger charge is -2.53. The van der Waals surface area contributed by atoms with Crippen LogP contribution in [0.2, 0.25) is 0 Å². The van der Waals surface area contributed by atoms with Crippen LogP contribution >= 0.6 is 0 Å². The Bertz CT molecular complexity index is 286. The molecule has 0 spiro atoms. The average Bonchev–Trinajstić information content (AvgIpc) is 2.65. The zero-order valence-corrected chi connectivity index (χ0v) is 9.72. The first-order valence-corrected chi connectivity index (χ1v) is 6.34. The van der Waals surface area contributed by atoms with Gasteiger partial charge in [-0.3, -0.25) is 0 Å². The van der Waals surface area contributed by atoms with Crippen molar-refractivity contribution in [2.45, 2.75) is 46.5 Å². The van der Waals surface area contributed by atoms with E-state index in [0.717, 1.165) is 29.1 Å². The number of rotatable bonds is 1. The van der Waals surface area contributed by atoms with Crippen molar-refractivity contribution in [3.63, 3.8) is 0 Å². The van der Waals surface area contributed by atoms with Crippen LogP contribution in [-0.4, -0.2) is 0 Å². The highest BCUT2D eigenvalue weighted by atomic mass is 14.7. The van der Waals surface area contributed by atoms with Crippen LogP contribution in [-0.2, 0) is 0 Å². The first-order chi connectivity index (χ1) is 6.64. The third kappa shape index (κ3) is 0.857. The molecule has 0 amide bonds. The van der Waals surface area contributed by atoms with Crippen LogP contribution in [0.15, 0.2) is 11.6 Å². The van der Waals surface area contributed by atoms with Crippen molar-refractivity contribution in [2.75, 3.05) is 0 Å². The Morgan fingerprint density at radius 1 is 1.36 bits per heavy atom. The van der Waals surface area contributed by atoms with Crippen LogP contribution in [0.25, 0.3) is 0 Å². The monoisotopic (exact) mass is 190 g/mol. The standard InChI is InChI=1S/C14H22/c1-9(2)10-7-8-14(3)12-6-4-5-11(12)13(10)14/h5,9-10,12-13H,4,6-8H2,1-3H3/t10-,12+,13+,14-/m0/s1. The van der Waals surface area contributed by atoms with Crippen LogP contribution < -0.4 is 0 Å². The Kier molecular flexibility index (Phi) is 1.70. The van der Waals surface area contributed by atoms with Crippen molar-refractivity contribution in [3.05, 3.63) is 11.6 Å². The van der Waals surface area contributed by atoms with E-state index in [1.165, 1.54) is 25.7 Å². The topological polar surface area (TPSA) is 0 Å². The van der Waals surface area contributed by atoms with Gasteiger partial charge in [-0.15, -0.1) is 0 Å². The molecule has 0 heterocycles. The molecule has 0 bridgehead atoms. The van der Waals surface area contributed by atoms with Gasteiger partial charge in [0, 0.05) is 0 Å². The van der Waals surface area contributed by atoms with Gasteiger partial charge in [0.2, 0.25) is 0 Å². The fourth-order valence-electron chi connectivity index (χ4n) is 4.71. The molecule has 0 radical (unpaired) electrons. The van der Waals surface area contributed by atoms with Crippen molar-refractivity contribution in [3.8, 4) is 0 Å². The molecule has 3 aliphatic rings. The smallest absolute Gasteiger partial charge is 0.0110 e. The molecule has 0 aliphatic heterocycles. The van der Waals surface area contributed by atoms with Gasteiger partial charge in [-0.2, -0.15) is 0 Å². The van der Waals surface area contributed by atoms with Gasteiger partial charge >= 0.3 is 0 Å². The molecule has 2 fully saturated rings. The van der Waals surface area contributed by atoms with Gasteiger partial charge < -0.3 is 0 Å². The Balaban J connectivity index is 1.92. The molecule has 3 rings (SSSR count). The summed E-state index contributed by atoms with van der Waals surface area (Å²) in [6.45, 7) is 7.39. The maximum atomic E-state index is 2.57. The summed E-state index contributed by atoms with van der Waals surface area (Å²) >= 11 is 0. The van der Waals surface area contributed by atoms with Crippen LogP contribution in [0, 0.1) is 29.1 Å². The molecule has 0 aromatic heterocycles. The second-order valence-corrected chi connectivity index (χ2v) is 6.26. The van der Waals surface area contributed by atoms with Crippen molar-refractivity contribution in [2.24, 2.45) is 29.1 Å². The van der Waals surface area contributed by atoms with Gasteiger partial charge in [0.05, 0.1) is 0 Å². The minimum Gasteiger partial charge on any atom is -0.0847 e. The third-order valence-corrected chi connectivity index (χ3v) is 5.40. The predicted octanol–water partition coefficient (Wildman–Crippen LogP) is 4.02. The van der Waals surface area contributed by atoms with Crippen LogP contribution in [0.5, 0.6) is 0 Å². The highest BCUT2D eigenvalue weighted by molar-refractivity contribution is 5.35. The SMILES string of the molecule is CC(C)[C@@H]1CC[C@@]2(C)[C@@H]3CCC=C3[C@@H]12. The van der Waals surface area contributed by atoms with E-state index in [9.17, 15) is 0 Å². The summed E-state index contributed by atoms with van der Waals surface area (Å²) < 4.78 is 0. The van der Waals surface area contributed by atoms with Gasteiger partial charge in [-0.1, -0.05) is 32.4 Å². The Hall–Kier alpha value is -0.260. The van der Waals surface area contributed by atoms with Crippen molar-refractivity contribution in [1.29, 1.82) is 0 Å². The summed E-state index contributed by atoms with van der Waals surface area (Å²) in [6.07, 6.45) is 8.40. The van der Waals surface area contributed by atoms with Crippen LogP contribution in [0.1, 0.15) is 46.5 Å². The van der Waals surface area contributed by atoms with Gasteiger partial charge in [0.25, 0.3) is 0 Å². The molecule has 0 heteroatoms. The van der Waals surface area contributed by atoms with Crippen LogP contribution in [0.3, 0.4) is 0 Å². The fourth-order valence-corrected chi connectivity index (χ4v) is 4.71. The maximum absolute atomic E-state index is 2.57. The summed E-state index contributed by atoms with van der Waals surface area (Å²) in [7, 11) is 0. The molecule has 3 aliphatic carbocycles. The van der Waals surface area contributed by atoms with E-state index in [1.54, 1.807) is 0 Å². The van der Waals surface area contributed by atoms with Gasteiger partial charge in [0.1, 0.15) is 0 Å². The van der Waals surface area contributed by atoms with Gasteiger partial charge in [0.15, 0.2) is 0 Å². The summed E-state index contributed by atoms with van der Waals surface area (Å²) in [4.78, 5) is 0. The molecular formula is C14H22. The van der Waals surface area contributed by atoms with Crippen molar-refractivity contribution < 1.29 is 0 Å². The van der Waals surface area contributed by atoms with Crippen molar-refractivity contribution >= 4 is 0 Å². The lowest BCUT2D eigenvalue weighted by Crippen LogP contribution is -2.47. The predicted molar refractivity (Wildman–Crippen MR) is 60.0 cm³/mol. The third-order valence-electron chi connectivity index (χ3n) is 5.40. The van der Waals surface area contributed by atoms with E-state index >= 15 is 0 Å². The molecule has 78 valence electrons. The van der Waals surface area contributed by atoms with Gasteiger partial charge in [-0.05, 0) is 54.8 Å². The second kappa shape index (κ2) is 2.65. The lowest BCUT2D eigenvalue weighted by atomic mass is 9.51. The fraction of sp³-hybridized carbons (Fsp3) is 0.857. The zero-order chi connectivity index (χ0) is 9.92. The maximum Gasteiger partial charge on any atom is -0.0110 e. The number of hydrogen-bond donors (Lipinski definition) is 0. The number of fused-ring (bicyclic) bond motifs is 4.